The van der Waals surface area contributed by atoms with Crippen LogP contribution in [0.25, 0.3) is 0 Å². The van der Waals surface area contributed by atoms with Crippen molar-refractivity contribution in [3.8, 4) is 0 Å². The second kappa shape index (κ2) is 20.0. The van der Waals surface area contributed by atoms with E-state index in [1.54, 1.807) is 6.92 Å². The first-order valence-electron chi connectivity index (χ1n) is 13.1. The fraction of sp³-hybridized carbons (Fsp3) is 0.448. The van der Waals surface area contributed by atoms with Crippen molar-refractivity contribution in [2.45, 2.75) is 76.6 Å². The van der Waals surface area contributed by atoms with E-state index in [9.17, 15) is 50.9 Å². The fourth-order valence-corrected chi connectivity index (χ4v) is 3.61. The standard InChI is InChI=1S/C14H17ClF3NO3.C10H8ClF3O2.C4H8O2.CO2/c1-3-22-12(20)7-11(19)8-4-9(6-10(15)5-8)13(2,21)14(16,17)18;1-9(16,10(12,13)14)7-2-6(5-15)3-8(11)4-7;1-2-3-4(5)6;2-1-3/h4-6,11,21H,3,7,19H2,1-2H3;2-5,16H,1H3;2-3H2,1H3,(H,5,6);. The molecule has 0 aromatic heterocycles. The number of rotatable bonds is 9. The van der Waals surface area contributed by atoms with E-state index in [-0.39, 0.29) is 40.4 Å². The van der Waals surface area contributed by atoms with E-state index in [2.05, 4.69) is 0 Å². The van der Waals surface area contributed by atoms with Gasteiger partial charge in [0.2, 0.25) is 0 Å². The number of halogens is 8. The number of nitrogens with two attached hydrogens (primary N) is 1. The smallest absolute Gasteiger partial charge is 0.421 e. The van der Waals surface area contributed by atoms with Gasteiger partial charge in [-0.1, -0.05) is 36.2 Å². The third-order valence-corrected chi connectivity index (χ3v) is 6.22. The van der Waals surface area contributed by atoms with Gasteiger partial charge in [0.1, 0.15) is 6.29 Å². The number of benzene rings is 2. The van der Waals surface area contributed by atoms with Crippen LogP contribution in [0.2, 0.25) is 10.0 Å². The molecule has 0 saturated heterocycles. The molecule has 0 aliphatic rings. The lowest BCUT2D eigenvalue weighted by Gasteiger charge is -2.27. The molecule has 2 aromatic rings. The van der Waals surface area contributed by atoms with Crippen molar-refractivity contribution in [2.24, 2.45) is 5.73 Å². The zero-order chi connectivity index (χ0) is 37.4. The van der Waals surface area contributed by atoms with E-state index >= 15 is 0 Å². The lowest BCUT2D eigenvalue weighted by molar-refractivity contribution is -0.259. The average Bonchev–Trinajstić information content (AvgIpc) is 2.92. The van der Waals surface area contributed by atoms with Gasteiger partial charge < -0.3 is 25.8 Å². The van der Waals surface area contributed by atoms with Crippen LogP contribution in [0, 0.1) is 0 Å². The molecule has 0 aliphatic carbocycles. The molecule has 0 heterocycles. The third-order valence-electron chi connectivity index (χ3n) is 5.79. The predicted molar refractivity (Wildman–Crippen MR) is 155 cm³/mol. The van der Waals surface area contributed by atoms with Gasteiger partial charge in [-0.25, -0.2) is 0 Å². The van der Waals surface area contributed by atoms with E-state index in [1.807, 2.05) is 6.92 Å². The van der Waals surface area contributed by atoms with Crippen LogP contribution in [0.5, 0.6) is 0 Å². The first kappa shape index (κ1) is 45.6. The van der Waals surface area contributed by atoms with E-state index in [0.29, 0.717) is 26.6 Å². The predicted octanol–water partition coefficient (Wildman–Crippen LogP) is 6.27. The normalized spacial score (nSPS) is 14.0. The van der Waals surface area contributed by atoms with Crippen LogP contribution < -0.4 is 5.73 Å². The van der Waals surface area contributed by atoms with Crippen LogP contribution in [0.15, 0.2) is 36.4 Å². The van der Waals surface area contributed by atoms with Crippen LogP contribution >= 0.6 is 23.2 Å². The molecule has 0 radical (unpaired) electrons. The highest BCUT2D eigenvalue weighted by Gasteiger charge is 2.52. The van der Waals surface area contributed by atoms with Gasteiger partial charge in [0.05, 0.1) is 13.0 Å². The summed E-state index contributed by atoms with van der Waals surface area (Å²) in [5.74, 6) is -1.28. The zero-order valence-electron chi connectivity index (χ0n) is 25.3. The minimum atomic E-state index is -4.87. The molecule has 10 nitrogen and oxygen atoms in total. The maximum absolute atomic E-state index is 12.9. The molecule has 0 amide bonds. The summed E-state index contributed by atoms with van der Waals surface area (Å²) < 4.78 is 80.9. The topological polar surface area (TPSA) is 181 Å². The van der Waals surface area contributed by atoms with Crippen molar-refractivity contribution in [2.75, 3.05) is 6.61 Å². The fourth-order valence-electron chi connectivity index (χ4n) is 3.13. The van der Waals surface area contributed by atoms with Gasteiger partial charge in [-0.2, -0.15) is 35.9 Å². The Kier molecular flexibility index (Phi) is 19.4. The maximum atomic E-state index is 12.9. The zero-order valence-corrected chi connectivity index (χ0v) is 26.9. The van der Waals surface area contributed by atoms with Crippen molar-refractivity contribution in [3.63, 3.8) is 0 Å². The second-order valence-electron chi connectivity index (χ2n) is 9.65. The van der Waals surface area contributed by atoms with Gasteiger partial charge in [-0.05, 0) is 74.2 Å². The van der Waals surface area contributed by atoms with Gasteiger partial charge in [0.15, 0.2) is 11.2 Å². The largest absolute Gasteiger partial charge is 0.481 e. The van der Waals surface area contributed by atoms with Crippen molar-refractivity contribution < 1.29 is 70.4 Å². The van der Waals surface area contributed by atoms with Crippen molar-refractivity contribution >= 4 is 47.6 Å². The molecule has 0 aliphatic heterocycles. The molecule has 47 heavy (non-hydrogen) atoms. The molecule has 264 valence electrons. The maximum Gasteiger partial charge on any atom is 0.421 e. The Labute approximate surface area is 275 Å². The Morgan fingerprint density at radius 1 is 0.894 bits per heavy atom. The molecule has 18 heteroatoms. The van der Waals surface area contributed by atoms with Crippen LogP contribution in [0.1, 0.15) is 80.0 Å². The summed E-state index contributed by atoms with van der Waals surface area (Å²) in [5.41, 5.74) is -1.03. The average molecular weight is 724 g/mol. The first-order chi connectivity index (χ1) is 21.4. The van der Waals surface area contributed by atoms with Gasteiger partial charge in [0, 0.05) is 28.1 Å². The molecule has 5 N–H and O–H groups in total. The van der Waals surface area contributed by atoms with E-state index in [4.69, 9.17) is 48.4 Å². The number of carboxylic acids is 1. The Bertz CT molecular complexity index is 1360. The number of aldehydes is 1. The Balaban J connectivity index is 0. The van der Waals surface area contributed by atoms with Gasteiger partial charge in [-0.3, -0.25) is 14.4 Å². The van der Waals surface area contributed by atoms with Crippen molar-refractivity contribution in [3.05, 3.63) is 68.7 Å². The lowest BCUT2D eigenvalue weighted by Crippen LogP contribution is -2.39. The lowest BCUT2D eigenvalue weighted by atomic mass is 9.91. The summed E-state index contributed by atoms with van der Waals surface area (Å²) >= 11 is 11.3. The SMILES string of the molecule is CC(O)(c1cc(Cl)cc(C=O)c1)C(F)(F)F.CCCC(=O)O.CCOC(=O)CC(N)c1cc(Cl)cc(C(C)(O)C(F)(F)F)c1.O=C=O. The quantitative estimate of drug-likeness (QED) is 0.131. The molecule has 0 spiro atoms. The van der Waals surface area contributed by atoms with E-state index < -0.39 is 52.7 Å². The van der Waals surface area contributed by atoms with Crippen LogP contribution in [-0.4, -0.2) is 58.7 Å². The molecule has 0 fully saturated rings. The van der Waals surface area contributed by atoms with Gasteiger partial charge in [0.25, 0.3) is 0 Å². The monoisotopic (exact) mass is 723 g/mol. The van der Waals surface area contributed by atoms with E-state index in [0.717, 1.165) is 30.7 Å². The van der Waals surface area contributed by atoms with Crippen LogP contribution in [-0.2, 0) is 35.1 Å². The number of hydrogen-bond donors (Lipinski definition) is 4. The Hall–Kier alpha value is -3.53. The Morgan fingerprint density at radius 3 is 1.66 bits per heavy atom. The van der Waals surface area contributed by atoms with Crippen LogP contribution in [0.3, 0.4) is 0 Å². The number of esters is 1. The highest BCUT2D eigenvalue weighted by atomic mass is 35.5. The highest BCUT2D eigenvalue weighted by Crippen LogP contribution is 2.41. The summed E-state index contributed by atoms with van der Waals surface area (Å²) in [4.78, 5) is 47.7. The third kappa shape index (κ3) is 15.7. The van der Waals surface area contributed by atoms with Gasteiger partial charge in [-0.15, -0.1) is 0 Å². The molecule has 3 unspecified atom stereocenters. The van der Waals surface area contributed by atoms with Crippen molar-refractivity contribution in [1.82, 2.24) is 0 Å². The highest BCUT2D eigenvalue weighted by molar-refractivity contribution is 6.31. The number of aliphatic carboxylic acids is 1. The molecule has 0 saturated carbocycles. The second-order valence-corrected chi connectivity index (χ2v) is 10.5. The first-order valence-corrected chi connectivity index (χ1v) is 13.9. The van der Waals surface area contributed by atoms with Gasteiger partial charge >= 0.3 is 30.4 Å². The number of carbonyl (C=O) groups is 3. The summed E-state index contributed by atoms with van der Waals surface area (Å²) in [6.45, 7) is 4.87. The van der Waals surface area contributed by atoms with Crippen LogP contribution in [0.4, 0.5) is 26.3 Å². The number of carbonyl (C=O) groups excluding carboxylic acids is 4. The van der Waals surface area contributed by atoms with E-state index in [1.165, 1.54) is 12.1 Å². The number of aliphatic hydroxyl groups is 2. The summed E-state index contributed by atoms with van der Waals surface area (Å²) in [5, 5.41) is 26.9. The Morgan fingerprint density at radius 2 is 1.32 bits per heavy atom. The molecule has 2 rings (SSSR count). The molecule has 0 bridgehead atoms. The molecule has 3 atom stereocenters. The number of ether oxygens (including phenoxy) is 1. The molecular weight excluding hydrogens is 691 g/mol. The summed E-state index contributed by atoms with van der Waals surface area (Å²) in [6.07, 6.45) is -8.28. The summed E-state index contributed by atoms with van der Waals surface area (Å²) in [6, 6.07) is 5.69. The minimum Gasteiger partial charge on any atom is -0.481 e. The number of hydrogen-bond acceptors (Lipinski definition) is 9. The van der Waals surface area contributed by atoms with Crippen molar-refractivity contribution in [1.29, 1.82) is 0 Å². The molecular formula is C29H33Cl2F6NO9. The number of alkyl halides is 6. The molecule has 2 aromatic carbocycles. The summed E-state index contributed by atoms with van der Waals surface area (Å²) in [7, 11) is 0. The number of carboxylic acid groups (broad SMARTS) is 1. The minimum absolute atomic E-state index is 0.0173.